The van der Waals surface area contributed by atoms with E-state index in [1.807, 2.05) is 6.92 Å². The van der Waals surface area contributed by atoms with E-state index in [1.165, 1.54) is 37.2 Å². The minimum Gasteiger partial charge on any atom is -0.493 e. The van der Waals surface area contributed by atoms with E-state index in [0.717, 1.165) is 6.42 Å². The lowest BCUT2D eigenvalue weighted by atomic mass is 9.94. The number of nitrogens with zero attached hydrogens (tertiary/aromatic N) is 2. The number of benzene rings is 2. The number of hydrogen-bond acceptors (Lipinski definition) is 12. The number of ether oxygens (including phenoxy) is 7. The van der Waals surface area contributed by atoms with Gasteiger partial charge in [-0.1, -0.05) is 36.5 Å². The van der Waals surface area contributed by atoms with Gasteiger partial charge < -0.3 is 33.2 Å². The number of allylic oxidation sites excluding steroid dienone is 1. The number of rotatable bonds is 13. The van der Waals surface area contributed by atoms with E-state index < -0.39 is 18.2 Å². The normalized spacial score (nSPS) is 14.4. The summed E-state index contributed by atoms with van der Waals surface area (Å²) < 4.78 is 39.6. The van der Waals surface area contributed by atoms with E-state index in [0.29, 0.717) is 44.3 Å². The Morgan fingerprint density at radius 1 is 0.978 bits per heavy atom. The van der Waals surface area contributed by atoms with Gasteiger partial charge in [0.2, 0.25) is 0 Å². The molecule has 2 heterocycles. The highest BCUT2D eigenvalue weighted by Gasteiger charge is 2.36. The molecule has 3 aromatic rings. The van der Waals surface area contributed by atoms with Crippen LogP contribution >= 0.6 is 11.3 Å². The van der Waals surface area contributed by atoms with Gasteiger partial charge in [-0.15, -0.1) is 0 Å². The zero-order valence-corrected chi connectivity index (χ0v) is 26.9. The average Bonchev–Trinajstić information content (AvgIpc) is 3.33. The van der Waals surface area contributed by atoms with Crippen molar-refractivity contribution in [2.75, 3.05) is 47.8 Å². The molecular formula is C32H36N2O10S. The first-order valence-corrected chi connectivity index (χ1v) is 15.1. The number of carbonyl (C=O) groups excluding carboxylic acids is 2. The van der Waals surface area contributed by atoms with Crippen LogP contribution in [0.3, 0.4) is 0 Å². The van der Waals surface area contributed by atoms with E-state index in [2.05, 4.69) is 4.99 Å². The van der Waals surface area contributed by atoms with Crippen LogP contribution in [0.4, 0.5) is 4.79 Å². The lowest BCUT2D eigenvalue weighted by Crippen LogP contribution is -2.40. The summed E-state index contributed by atoms with van der Waals surface area (Å²) in [5, 5.41) is 0. The Morgan fingerprint density at radius 2 is 1.76 bits per heavy atom. The molecule has 0 saturated heterocycles. The summed E-state index contributed by atoms with van der Waals surface area (Å²) >= 11 is 1.17. The second kappa shape index (κ2) is 15.4. The van der Waals surface area contributed by atoms with Crippen LogP contribution in [-0.4, -0.2) is 64.4 Å². The van der Waals surface area contributed by atoms with E-state index >= 15 is 0 Å². The molecule has 13 heteroatoms. The van der Waals surface area contributed by atoms with Crippen LogP contribution in [0.2, 0.25) is 0 Å². The monoisotopic (exact) mass is 640 g/mol. The van der Waals surface area contributed by atoms with Crippen LogP contribution in [0.25, 0.3) is 6.08 Å². The summed E-state index contributed by atoms with van der Waals surface area (Å²) in [7, 11) is 4.48. The fourth-order valence-electron chi connectivity index (χ4n) is 4.69. The third-order valence-electron chi connectivity index (χ3n) is 6.68. The minimum absolute atomic E-state index is 0.0261. The Bertz CT molecular complexity index is 1760. The highest BCUT2D eigenvalue weighted by Crippen LogP contribution is 2.41. The summed E-state index contributed by atoms with van der Waals surface area (Å²) in [4.78, 5) is 44.6. The van der Waals surface area contributed by atoms with Crippen LogP contribution in [-0.2, 0) is 19.0 Å². The fourth-order valence-corrected chi connectivity index (χ4v) is 5.73. The molecule has 1 aliphatic rings. The molecule has 0 bridgehead atoms. The van der Waals surface area contributed by atoms with Gasteiger partial charge in [-0.05, 0) is 50.1 Å². The number of fused-ring (bicyclic) bond motifs is 1. The first kappa shape index (κ1) is 33.3. The van der Waals surface area contributed by atoms with Crippen LogP contribution in [0.1, 0.15) is 44.4 Å². The first-order chi connectivity index (χ1) is 21.8. The molecule has 1 aromatic heterocycles. The van der Waals surface area contributed by atoms with Crippen molar-refractivity contribution in [2.45, 2.75) is 33.2 Å². The number of thiazole rings is 1. The quantitative estimate of drug-likeness (QED) is 0.155. The highest BCUT2D eigenvalue weighted by atomic mass is 32.1. The van der Waals surface area contributed by atoms with E-state index in [-0.39, 0.29) is 42.5 Å². The van der Waals surface area contributed by atoms with E-state index in [9.17, 15) is 14.4 Å². The molecule has 240 valence electrons. The second-order valence-electron chi connectivity index (χ2n) is 9.63. The van der Waals surface area contributed by atoms with E-state index in [4.69, 9.17) is 33.2 Å². The fraction of sp³-hybridized carbons (Fsp3) is 0.375. The summed E-state index contributed by atoms with van der Waals surface area (Å²) in [5.41, 5.74) is 1.37. The van der Waals surface area contributed by atoms with Crippen LogP contribution in [0.5, 0.6) is 23.0 Å². The zero-order chi connectivity index (χ0) is 32.5. The molecule has 1 atom stereocenters. The Kier molecular flexibility index (Phi) is 11.4. The Hall–Kier alpha value is -4.62. The maximum atomic E-state index is 14.2. The van der Waals surface area contributed by atoms with Gasteiger partial charge >= 0.3 is 12.1 Å². The van der Waals surface area contributed by atoms with Gasteiger partial charge in [-0.2, -0.15) is 0 Å². The molecule has 0 radical (unpaired) electrons. The average molecular weight is 641 g/mol. The lowest BCUT2D eigenvalue weighted by molar-refractivity contribution is -0.140. The zero-order valence-electron chi connectivity index (χ0n) is 26.0. The molecular weight excluding hydrogens is 604 g/mol. The minimum atomic E-state index is -0.921. The third kappa shape index (κ3) is 7.37. The number of carbonyl (C=O) groups is 2. The molecule has 45 heavy (non-hydrogen) atoms. The molecule has 0 saturated carbocycles. The van der Waals surface area contributed by atoms with Crippen molar-refractivity contribution >= 4 is 29.5 Å². The number of hydrogen-bond donors (Lipinski definition) is 0. The lowest BCUT2D eigenvalue weighted by Gasteiger charge is -2.27. The molecule has 1 aliphatic heterocycles. The number of aromatic nitrogens is 1. The summed E-state index contributed by atoms with van der Waals surface area (Å²) in [5.74, 6) is 0.689. The van der Waals surface area contributed by atoms with Gasteiger partial charge in [-0.25, -0.2) is 14.6 Å². The van der Waals surface area contributed by atoms with Gasteiger partial charge in [-0.3, -0.25) is 9.36 Å². The van der Waals surface area contributed by atoms with Crippen LogP contribution < -0.4 is 33.8 Å². The van der Waals surface area contributed by atoms with Gasteiger partial charge in [0.25, 0.3) is 5.56 Å². The summed E-state index contributed by atoms with van der Waals surface area (Å²) in [6, 6.07) is 9.26. The first-order valence-electron chi connectivity index (χ1n) is 14.3. The summed E-state index contributed by atoms with van der Waals surface area (Å²) in [6.45, 7) is 6.14. The molecule has 0 aliphatic carbocycles. The smallest absolute Gasteiger partial charge is 0.493 e. The molecule has 2 aromatic carbocycles. The second-order valence-corrected chi connectivity index (χ2v) is 10.6. The maximum Gasteiger partial charge on any atom is 0.513 e. The topological polar surface area (TPSA) is 133 Å². The molecule has 0 spiro atoms. The molecule has 0 N–H and O–H groups in total. The number of methoxy groups -OCH3 is 3. The Morgan fingerprint density at radius 3 is 2.44 bits per heavy atom. The van der Waals surface area contributed by atoms with Crippen molar-refractivity contribution in [1.82, 2.24) is 4.57 Å². The van der Waals surface area contributed by atoms with Crippen LogP contribution in [0, 0.1) is 0 Å². The number of esters is 1. The SMILES string of the molecule is CCCOc1c(OC)cccc1[C@H]1C(C(=O)OCCOC)=C(C)N=c2s/c(=C/c3ccc(OC(=O)OCC)c(OC)c3)c(=O)n21. The molecule has 4 rings (SSSR count). The Labute approximate surface area is 264 Å². The molecule has 0 fully saturated rings. The van der Waals surface area contributed by atoms with Crippen molar-refractivity contribution < 1.29 is 42.7 Å². The third-order valence-corrected chi connectivity index (χ3v) is 7.66. The van der Waals surface area contributed by atoms with E-state index in [1.54, 1.807) is 56.3 Å². The maximum absolute atomic E-state index is 14.2. The van der Waals surface area contributed by atoms with Gasteiger partial charge in [0.15, 0.2) is 27.8 Å². The van der Waals surface area contributed by atoms with Gasteiger partial charge in [0.05, 0.1) is 49.8 Å². The van der Waals surface area contributed by atoms with Crippen molar-refractivity contribution in [3.05, 3.63) is 78.5 Å². The van der Waals surface area contributed by atoms with Gasteiger partial charge in [0.1, 0.15) is 12.6 Å². The molecule has 12 nitrogen and oxygen atoms in total. The van der Waals surface area contributed by atoms with Crippen molar-refractivity contribution in [2.24, 2.45) is 4.99 Å². The van der Waals surface area contributed by atoms with Gasteiger partial charge in [0, 0.05) is 12.7 Å². The predicted molar refractivity (Wildman–Crippen MR) is 166 cm³/mol. The molecule has 0 unspecified atom stereocenters. The van der Waals surface area contributed by atoms with Crippen molar-refractivity contribution in [1.29, 1.82) is 0 Å². The van der Waals surface area contributed by atoms with Crippen LogP contribution in [0.15, 0.2) is 57.5 Å². The standard InChI is InChI=1S/C32H36N2O10S/c1-7-14-42-28-21(10-9-11-23(28)39-5)27-26(30(36)43-16-15-38-4)19(3)33-31-34(27)29(35)25(45-31)18-20-12-13-22(24(17-20)40-6)44-32(37)41-8-2/h9-13,17-18,27H,7-8,14-16H2,1-6H3/b25-18+/t27-/m0/s1. The number of para-hydroxylation sites is 1. The largest absolute Gasteiger partial charge is 0.513 e. The highest BCUT2D eigenvalue weighted by molar-refractivity contribution is 7.07. The van der Waals surface area contributed by atoms with Crippen molar-refractivity contribution in [3.63, 3.8) is 0 Å². The Balaban J connectivity index is 1.89. The molecule has 0 amide bonds. The predicted octanol–water partition coefficient (Wildman–Crippen LogP) is 3.77. The van der Waals surface area contributed by atoms with Crippen molar-refractivity contribution in [3.8, 4) is 23.0 Å². The summed E-state index contributed by atoms with van der Waals surface area (Å²) in [6.07, 6.45) is 1.55.